The van der Waals surface area contributed by atoms with E-state index in [0.717, 1.165) is 17.1 Å². The summed E-state index contributed by atoms with van der Waals surface area (Å²) in [5, 5.41) is 0. The van der Waals surface area contributed by atoms with Crippen molar-refractivity contribution in [2.45, 2.75) is 20.4 Å². The topological polar surface area (TPSA) is 65.1 Å². The molecular weight excluding hydrogens is 338 g/mol. The van der Waals surface area contributed by atoms with E-state index in [1.165, 1.54) is 0 Å². The highest BCUT2D eigenvalue weighted by Gasteiger charge is 2.19. The van der Waals surface area contributed by atoms with E-state index in [4.69, 9.17) is 0 Å². The summed E-state index contributed by atoms with van der Waals surface area (Å²) >= 11 is 0. The zero-order chi connectivity index (χ0) is 19.2. The minimum atomic E-state index is -0.0144. The monoisotopic (exact) mass is 363 g/mol. The summed E-state index contributed by atoms with van der Waals surface area (Å²) in [6.45, 7) is 5.59. The van der Waals surface area contributed by atoms with Crippen molar-refractivity contribution in [2.24, 2.45) is 5.92 Å². The minimum absolute atomic E-state index is 0.0144. The SMILES string of the molecule is CC(C)CN(C(=O)c1ccncc1)c1cccc(N(C)Cc2cnc[nH]2)c1. The first-order chi connectivity index (χ1) is 13.0. The molecule has 3 aromatic rings. The number of hydrogen-bond acceptors (Lipinski definition) is 4. The molecule has 0 bridgehead atoms. The van der Waals surface area contributed by atoms with Gasteiger partial charge in [-0.3, -0.25) is 9.78 Å². The lowest BCUT2D eigenvalue weighted by molar-refractivity contribution is 0.0984. The molecule has 27 heavy (non-hydrogen) atoms. The number of amides is 1. The van der Waals surface area contributed by atoms with Gasteiger partial charge in [-0.2, -0.15) is 0 Å². The first-order valence-electron chi connectivity index (χ1n) is 9.05. The number of aromatic amines is 1. The summed E-state index contributed by atoms with van der Waals surface area (Å²) in [6.07, 6.45) is 6.79. The molecule has 1 N–H and O–H groups in total. The van der Waals surface area contributed by atoms with Crippen molar-refractivity contribution in [3.05, 3.63) is 72.6 Å². The molecule has 0 atom stereocenters. The number of carbonyl (C=O) groups excluding carboxylic acids is 1. The molecule has 0 spiro atoms. The molecule has 1 aromatic carbocycles. The number of hydrogen-bond donors (Lipinski definition) is 1. The average Bonchev–Trinajstić information content (AvgIpc) is 3.19. The van der Waals surface area contributed by atoms with Crippen LogP contribution in [0.2, 0.25) is 0 Å². The van der Waals surface area contributed by atoms with Gasteiger partial charge in [0.2, 0.25) is 0 Å². The Morgan fingerprint density at radius 3 is 2.52 bits per heavy atom. The molecule has 0 radical (unpaired) electrons. The van der Waals surface area contributed by atoms with Crippen LogP contribution in [-0.4, -0.2) is 34.5 Å². The van der Waals surface area contributed by atoms with Gasteiger partial charge in [-0.25, -0.2) is 4.98 Å². The van der Waals surface area contributed by atoms with Gasteiger partial charge in [0, 0.05) is 49.1 Å². The maximum Gasteiger partial charge on any atom is 0.258 e. The van der Waals surface area contributed by atoms with Gasteiger partial charge in [0.1, 0.15) is 0 Å². The molecule has 140 valence electrons. The second kappa shape index (κ2) is 8.49. The lowest BCUT2D eigenvalue weighted by atomic mass is 10.1. The Morgan fingerprint density at radius 1 is 1.11 bits per heavy atom. The van der Waals surface area contributed by atoms with Crippen molar-refractivity contribution in [3.8, 4) is 0 Å². The van der Waals surface area contributed by atoms with Gasteiger partial charge in [-0.05, 0) is 36.2 Å². The van der Waals surface area contributed by atoms with Gasteiger partial charge in [0.25, 0.3) is 5.91 Å². The van der Waals surface area contributed by atoms with Crippen molar-refractivity contribution in [1.82, 2.24) is 15.0 Å². The number of nitrogens with one attached hydrogen (secondary N) is 1. The van der Waals surface area contributed by atoms with Gasteiger partial charge in [0.05, 0.1) is 18.6 Å². The van der Waals surface area contributed by atoms with Crippen molar-refractivity contribution in [2.75, 3.05) is 23.4 Å². The van der Waals surface area contributed by atoms with E-state index in [0.29, 0.717) is 24.6 Å². The summed E-state index contributed by atoms with van der Waals surface area (Å²) in [4.78, 5) is 28.2. The molecule has 0 unspecified atom stereocenters. The molecule has 0 aliphatic heterocycles. The van der Waals surface area contributed by atoms with Crippen LogP contribution in [0.3, 0.4) is 0 Å². The fourth-order valence-corrected chi connectivity index (χ4v) is 2.94. The Labute approximate surface area is 159 Å². The van der Waals surface area contributed by atoms with Crippen LogP contribution in [0.4, 0.5) is 11.4 Å². The predicted octanol–water partition coefficient (Wildman–Crippen LogP) is 3.74. The third kappa shape index (κ3) is 4.73. The molecule has 1 amide bonds. The van der Waals surface area contributed by atoms with Crippen LogP contribution in [0.15, 0.2) is 61.3 Å². The predicted molar refractivity (Wildman–Crippen MR) is 108 cm³/mol. The lowest BCUT2D eigenvalue weighted by Crippen LogP contribution is -2.34. The largest absolute Gasteiger partial charge is 0.369 e. The third-order valence-corrected chi connectivity index (χ3v) is 4.26. The smallest absolute Gasteiger partial charge is 0.258 e. The zero-order valence-corrected chi connectivity index (χ0v) is 16.0. The van der Waals surface area contributed by atoms with E-state index in [1.807, 2.05) is 36.3 Å². The van der Waals surface area contributed by atoms with Gasteiger partial charge >= 0.3 is 0 Å². The Morgan fingerprint density at radius 2 is 1.85 bits per heavy atom. The molecule has 0 saturated heterocycles. The van der Waals surface area contributed by atoms with E-state index in [1.54, 1.807) is 30.9 Å². The second-order valence-electron chi connectivity index (χ2n) is 7.00. The number of pyridine rings is 1. The molecule has 2 heterocycles. The van der Waals surface area contributed by atoms with Crippen molar-refractivity contribution >= 4 is 17.3 Å². The minimum Gasteiger partial charge on any atom is -0.369 e. The first kappa shape index (κ1) is 18.6. The number of nitrogens with zero attached hydrogens (tertiary/aromatic N) is 4. The molecule has 3 rings (SSSR count). The molecule has 0 saturated carbocycles. The van der Waals surface area contributed by atoms with Crippen LogP contribution in [0, 0.1) is 5.92 Å². The van der Waals surface area contributed by atoms with Gasteiger partial charge in [0.15, 0.2) is 0 Å². The summed E-state index contributed by atoms with van der Waals surface area (Å²) in [6, 6.07) is 11.6. The van der Waals surface area contributed by atoms with Gasteiger partial charge < -0.3 is 14.8 Å². The van der Waals surface area contributed by atoms with Crippen molar-refractivity contribution in [3.63, 3.8) is 0 Å². The van der Waals surface area contributed by atoms with E-state index in [2.05, 4.69) is 39.8 Å². The first-order valence-corrected chi connectivity index (χ1v) is 9.05. The van der Waals surface area contributed by atoms with Crippen LogP contribution in [-0.2, 0) is 6.54 Å². The molecular formula is C21H25N5O. The number of benzene rings is 1. The molecule has 0 fully saturated rings. The highest BCUT2D eigenvalue weighted by Crippen LogP contribution is 2.25. The molecule has 0 aliphatic rings. The van der Waals surface area contributed by atoms with Crippen LogP contribution >= 0.6 is 0 Å². The number of anilines is 2. The van der Waals surface area contributed by atoms with Crippen LogP contribution < -0.4 is 9.80 Å². The maximum absolute atomic E-state index is 13.1. The number of rotatable bonds is 7. The Balaban J connectivity index is 1.87. The maximum atomic E-state index is 13.1. The number of imidazole rings is 1. The summed E-state index contributed by atoms with van der Waals surface area (Å²) in [7, 11) is 2.03. The van der Waals surface area contributed by atoms with Gasteiger partial charge in [-0.1, -0.05) is 19.9 Å². The van der Waals surface area contributed by atoms with Crippen molar-refractivity contribution in [1.29, 1.82) is 0 Å². The lowest BCUT2D eigenvalue weighted by Gasteiger charge is -2.27. The average molecular weight is 363 g/mol. The zero-order valence-electron chi connectivity index (χ0n) is 16.0. The van der Waals surface area contributed by atoms with E-state index < -0.39 is 0 Å². The normalized spacial score (nSPS) is 10.8. The van der Waals surface area contributed by atoms with Crippen LogP contribution in [0.25, 0.3) is 0 Å². The number of carbonyl (C=O) groups is 1. The van der Waals surface area contributed by atoms with Crippen LogP contribution in [0.1, 0.15) is 29.9 Å². The van der Waals surface area contributed by atoms with E-state index in [-0.39, 0.29) is 5.91 Å². The standard InChI is InChI=1S/C21H25N5O/c1-16(2)13-26(21(27)17-7-9-22-10-8-17)20-6-4-5-19(11-20)25(3)14-18-12-23-15-24-18/h4-12,15-16H,13-14H2,1-3H3,(H,23,24). The summed E-state index contributed by atoms with van der Waals surface area (Å²) in [5.74, 6) is 0.335. The molecule has 6 nitrogen and oxygen atoms in total. The molecule has 6 heteroatoms. The van der Waals surface area contributed by atoms with E-state index in [9.17, 15) is 4.79 Å². The Kier molecular flexibility index (Phi) is 5.86. The summed E-state index contributed by atoms with van der Waals surface area (Å²) in [5.41, 5.74) is 3.61. The number of H-pyrrole nitrogens is 1. The van der Waals surface area contributed by atoms with Gasteiger partial charge in [-0.15, -0.1) is 0 Å². The fraction of sp³-hybridized carbons (Fsp3) is 0.286. The quantitative estimate of drug-likeness (QED) is 0.694. The van der Waals surface area contributed by atoms with Crippen LogP contribution in [0.5, 0.6) is 0 Å². The highest BCUT2D eigenvalue weighted by molar-refractivity contribution is 6.06. The number of aromatic nitrogens is 3. The third-order valence-electron chi connectivity index (χ3n) is 4.26. The fourth-order valence-electron chi connectivity index (χ4n) is 2.94. The highest BCUT2D eigenvalue weighted by atomic mass is 16.2. The summed E-state index contributed by atoms with van der Waals surface area (Å²) < 4.78 is 0. The Hall–Kier alpha value is -3.15. The molecule has 2 aromatic heterocycles. The van der Waals surface area contributed by atoms with Crippen molar-refractivity contribution < 1.29 is 4.79 Å². The molecule has 0 aliphatic carbocycles. The second-order valence-corrected chi connectivity index (χ2v) is 7.00. The van der Waals surface area contributed by atoms with E-state index >= 15 is 0 Å². The Bertz CT molecular complexity index is 861.